The van der Waals surface area contributed by atoms with Gasteiger partial charge in [0.1, 0.15) is 5.75 Å². The van der Waals surface area contributed by atoms with Gasteiger partial charge < -0.3 is 4.74 Å². The Morgan fingerprint density at radius 1 is 1.43 bits per heavy atom. The van der Waals surface area contributed by atoms with Gasteiger partial charge in [-0.25, -0.2) is 4.98 Å². The molecule has 0 atom stereocenters. The van der Waals surface area contributed by atoms with E-state index in [-0.39, 0.29) is 0 Å². The van der Waals surface area contributed by atoms with E-state index < -0.39 is 0 Å². The Bertz CT molecular complexity index is 596. The molecule has 0 N–H and O–H groups in total. The molecule has 0 aliphatic heterocycles. The maximum absolute atomic E-state index is 5.17. The second-order valence-corrected chi connectivity index (χ2v) is 4.02. The van der Waals surface area contributed by atoms with Gasteiger partial charge in [0, 0.05) is 12.4 Å². The standard InChI is InChI=1S/C10H8N2OS/c1-13-7-2-3-8-9(6-7)14-10-11-4-5-12(8)10/h2-6H,1H3. The summed E-state index contributed by atoms with van der Waals surface area (Å²) in [5, 5.41) is 0. The molecular formula is C10H8N2OS. The fourth-order valence-electron chi connectivity index (χ4n) is 1.55. The van der Waals surface area contributed by atoms with E-state index in [0.717, 1.165) is 10.7 Å². The highest BCUT2D eigenvalue weighted by molar-refractivity contribution is 7.23. The summed E-state index contributed by atoms with van der Waals surface area (Å²) in [6.07, 6.45) is 3.79. The molecule has 0 bridgehead atoms. The van der Waals surface area contributed by atoms with Gasteiger partial charge in [0.25, 0.3) is 0 Å². The minimum atomic E-state index is 0.891. The van der Waals surface area contributed by atoms with Crippen LogP contribution < -0.4 is 4.74 Å². The van der Waals surface area contributed by atoms with Crippen molar-refractivity contribution in [2.75, 3.05) is 7.11 Å². The lowest BCUT2D eigenvalue weighted by Gasteiger charge is -1.97. The minimum absolute atomic E-state index is 0.891. The molecule has 14 heavy (non-hydrogen) atoms. The van der Waals surface area contributed by atoms with E-state index in [1.165, 1.54) is 10.2 Å². The highest BCUT2D eigenvalue weighted by Crippen LogP contribution is 2.28. The van der Waals surface area contributed by atoms with Crippen molar-refractivity contribution < 1.29 is 4.74 Å². The van der Waals surface area contributed by atoms with Crippen molar-refractivity contribution in [2.45, 2.75) is 0 Å². The molecule has 0 aliphatic carbocycles. The van der Waals surface area contributed by atoms with Crippen LogP contribution in [0.1, 0.15) is 0 Å². The Hall–Kier alpha value is -1.55. The Balaban J connectivity index is 2.43. The van der Waals surface area contributed by atoms with Gasteiger partial charge in [0.2, 0.25) is 0 Å². The lowest BCUT2D eigenvalue weighted by molar-refractivity contribution is 0.415. The first kappa shape index (κ1) is 7.82. The average Bonchev–Trinajstić information content (AvgIpc) is 2.75. The fourth-order valence-corrected chi connectivity index (χ4v) is 2.56. The molecule has 3 nitrogen and oxygen atoms in total. The van der Waals surface area contributed by atoms with Crippen molar-refractivity contribution >= 4 is 26.5 Å². The first-order valence-corrected chi connectivity index (χ1v) is 5.10. The summed E-state index contributed by atoms with van der Waals surface area (Å²) in [6.45, 7) is 0. The molecule has 0 spiro atoms. The topological polar surface area (TPSA) is 26.5 Å². The number of hydrogen-bond donors (Lipinski definition) is 0. The summed E-state index contributed by atoms with van der Waals surface area (Å²) in [4.78, 5) is 5.27. The van der Waals surface area contributed by atoms with E-state index >= 15 is 0 Å². The smallest absolute Gasteiger partial charge is 0.194 e. The van der Waals surface area contributed by atoms with Crippen molar-refractivity contribution in [1.82, 2.24) is 9.38 Å². The second kappa shape index (κ2) is 2.72. The van der Waals surface area contributed by atoms with Gasteiger partial charge >= 0.3 is 0 Å². The van der Waals surface area contributed by atoms with E-state index in [4.69, 9.17) is 4.74 Å². The van der Waals surface area contributed by atoms with E-state index in [2.05, 4.69) is 15.5 Å². The summed E-state index contributed by atoms with van der Waals surface area (Å²) in [6, 6.07) is 6.06. The first-order valence-electron chi connectivity index (χ1n) is 4.28. The zero-order valence-electron chi connectivity index (χ0n) is 7.60. The number of fused-ring (bicyclic) bond motifs is 3. The zero-order valence-corrected chi connectivity index (χ0v) is 8.41. The van der Waals surface area contributed by atoms with Crippen molar-refractivity contribution in [3.05, 3.63) is 30.6 Å². The third-order valence-corrected chi connectivity index (χ3v) is 3.27. The second-order valence-electron chi connectivity index (χ2n) is 3.02. The first-order chi connectivity index (χ1) is 6.88. The maximum Gasteiger partial charge on any atom is 0.194 e. The van der Waals surface area contributed by atoms with Gasteiger partial charge in [-0.05, 0) is 18.2 Å². The summed E-state index contributed by atoms with van der Waals surface area (Å²) < 4.78 is 8.46. The SMILES string of the molecule is COc1ccc2c(c1)sc1nccn12. The summed E-state index contributed by atoms with van der Waals surface area (Å²) in [5.74, 6) is 0.891. The lowest BCUT2D eigenvalue weighted by atomic mass is 10.3. The van der Waals surface area contributed by atoms with Crippen LogP contribution in [0.15, 0.2) is 30.6 Å². The summed E-state index contributed by atoms with van der Waals surface area (Å²) >= 11 is 1.67. The number of aromatic nitrogens is 2. The van der Waals surface area contributed by atoms with Crippen LogP contribution in [0.3, 0.4) is 0 Å². The quantitative estimate of drug-likeness (QED) is 0.609. The van der Waals surface area contributed by atoms with Crippen molar-refractivity contribution in [2.24, 2.45) is 0 Å². The van der Waals surface area contributed by atoms with Gasteiger partial charge in [-0.1, -0.05) is 11.3 Å². The van der Waals surface area contributed by atoms with Crippen LogP contribution >= 0.6 is 11.3 Å². The van der Waals surface area contributed by atoms with Crippen LogP contribution in [0.25, 0.3) is 15.2 Å². The van der Waals surface area contributed by atoms with Crippen LogP contribution in [-0.4, -0.2) is 16.5 Å². The number of nitrogens with zero attached hydrogens (tertiary/aromatic N) is 2. The number of thiazole rings is 1. The van der Waals surface area contributed by atoms with Crippen LogP contribution in [0, 0.1) is 0 Å². The maximum atomic E-state index is 5.17. The number of imidazole rings is 1. The number of hydrogen-bond acceptors (Lipinski definition) is 3. The van der Waals surface area contributed by atoms with E-state index in [1.54, 1.807) is 18.4 Å². The molecule has 1 aromatic carbocycles. The number of benzene rings is 1. The third kappa shape index (κ3) is 0.943. The minimum Gasteiger partial charge on any atom is -0.497 e. The van der Waals surface area contributed by atoms with E-state index in [0.29, 0.717) is 0 Å². The van der Waals surface area contributed by atoms with Gasteiger partial charge in [-0.2, -0.15) is 0 Å². The third-order valence-electron chi connectivity index (χ3n) is 2.23. The highest BCUT2D eigenvalue weighted by Gasteiger charge is 2.05. The van der Waals surface area contributed by atoms with Crippen molar-refractivity contribution in [3.63, 3.8) is 0 Å². The van der Waals surface area contributed by atoms with E-state index in [9.17, 15) is 0 Å². The molecule has 3 aromatic rings. The molecule has 3 rings (SSSR count). The average molecular weight is 204 g/mol. The van der Waals surface area contributed by atoms with Crippen LogP contribution in [0.4, 0.5) is 0 Å². The normalized spacial score (nSPS) is 11.2. The Labute approximate surface area is 84.6 Å². The Kier molecular flexibility index (Phi) is 1.52. The predicted molar refractivity (Wildman–Crippen MR) is 57.1 cm³/mol. The van der Waals surface area contributed by atoms with Crippen LogP contribution in [0.2, 0.25) is 0 Å². The zero-order chi connectivity index (χ0) is 9.54. The summed E-state index contributed by atoms with van der Waals surface area (Å²) in [5.41, 5.74) is 1.18. The lowest BCUT2D eigenvalue weighted by Crippen LogP contribution is -1.81. The molecule has 0 saturated carbocycles. The molecule has 0 unspecified atom stereocenters. The van der Waals surface area contributed by atoms with Crippen molar-refractivity contribution in [1.29, 1.82) is 0 Å². The largest absolute Gasteiger partial charge is 0.497 e. The van der Waals surface area contributed by atoms with Gasteiger partial charge in [-0.15, -0.1) is 0 Å². The van der Waals surface area contributed by atoms with Crippen LogP contribution in [-0.2, 0) is 0 Å². The number of rotatable bonds is 1. The number of methoxy groups -OCH3 is 1. The fraction of sp³-hybridized carbons (Fsp3) is 0.100. The van der Waals surface area contributed by atoms with E-state index in [1.807, 2.05) is 24.5 Å². The van der Waals surface area contributed by atoms with Gasteiger partial charge in [-0.3, -0.25) is 4.40 Å². The highest BCUT2D eigenvalue weighted by atomic mass is 32.1. The molecule has 4 heteroatoms. The van der Waals surface area contributed by atoms with Crippen LogP contribution in [0.5, 0.6) is 5.75 Å². The molecular weight excluding hydrogens is 196 g/mol. The molecule has 2 aromatic heterocycles. The molecule has 2 heterocycles. The Morgan fingerprint density at radius 2 is 2.36 bits per heavy atom. The summed E-state index contributed by atoms with van der Waals surface area (Å²) in [7, 11) is 1.68. The predicted octanol–water partition coefficient (Wildman–Crippen LogP) is 2.56. The number of ether oxygens (including phenoxy) is 1. The molecule has 0 amide bonds. The monoisotopic (exact) mass is 204 g/mol. The van der Waals surface area contributed by atoms with Gasteiger partial charge in [0.15, 0.2) is 4.96 Å². The molecule has 70 valence electrons. The van der Waals surface area contributed by atoms with Gasteiger partial charge in [0.05, 0.1) is 17.3 Å². The molecule has 0 radical (unpaired) electrons. The molecule has 0 aliphatic rings. The molecule has 0 saturated heterocycles. The Morgan fingerprint density at radius 3 is 3.21 bits per heavy atom. The van der Waals surface area contributed by atoms with Crippen molar-refractivity contribution in [3.8, 4) is 5.75 Å². The molecule has 0 fully saturated rings.